The smallest absolute Gasteiger partial charge is 0.272 e. The van der Waals surface area contributed by atoms with E-state index in [4.69, 9.17) is 0 Å². The first-order chi connectivity index (χ1) is 11.6. The molecule has 1 saturated heterocycles. The number of likely N-dealkylation sites (tertiary alicyclic amines) is 1. The van der Waals surface area contributed by atoms with Gasteiger partial charge in [0.1, 0.15) is 5.69 Å². The average molecular weight is 343 g/mol. The molecule has 0 saturated carbocycles. The molecule has 25 heavy (non-hydrogen) atoms. The third kappa shape index (κ3) is 3.50. The molecule has 0 unspecified atom stereocenters. The van der Waals surface area contributed by atoms with Crippen LogP contribution in [0.3, 0.4) is 0 Å². The first kappa shape index (κ1) is 17.4. The summed E-state index contributed by atoms with van der Waals surface area (Å²) in [6.45, 7) is 9.90. The molecule has 0 bridgehead atoms. The summed E-state index contributed by atoms with van der Waals surface area (Å²) in [6.07, 6.45) is 0. The van der Waals surface area contributed by atoms with Crippen LogP contribution in [-0.4, -0.2) is 43.5 Å². The summed E-state index contributed by atoms with van der Waals surface area (Å²) in [7, 11) is 1.78. The molecule has 0 aliphatic carbocycles. The molecule has 134 valence electrons. The zero-order chi connectivity index (χ0) is 18.4. The minimum atomic E-state index is -0.103. The van der Waals surface area contributed by atoms with E-state index < -0.39 is 0 Å². The third-order valence-corrected chi connectivity index (χ3v) is 4.53. The number of hydrogen-bond acceptors (Lipinski definition) is 4. The summed E-state index contributed by atoms with van der Waals surface area (Å²) in [4.78, 5) is 26.4. The molecular weight excluding hydrogens is 318 g/mol. The van der Waals surface area contributed by atoms with Crippen molar-refractivity contribution in [1.82, 2.24) is 24.5 Å². The van der Waals surface area contributed by atoms with E-state index in [1.165, 1.54) is 4.68 Å². The maximum absolute atomic E-state index is 12.5. The van der Waals surface area contributed by atoms with E-state index in [9.17, 15) is 9.59 Å². The third-order valence-electron chi connectivity index (χ3n) is 4.53. The van der Waals surface area contributed by atoms with Crippen molar-refractivity contribution in [2.75, 3.05) is 13.1 Å². The van der Waals surface area contributed by atoms with Crippen LogP contribution in [0.5, 0.6) is 0 Å². The Bertz CT molecular complexity index is 853. The molecule has 2 aromatic heterocycles. The fraction of sp³-hybridized carbons (Fsp3) is 0.556. The first-order valence-corrected chi connectivity index (χ1v) is 8.53. The summed E-state index contributed by atoms with van der Waals surface area (Å²) in [5, 5.41) is 8.72. The highest BCUT2D eigenvalue weighted by Gasteiger charge is 2.33. The largest absolute Gasteiger partial charge is 0.336 e. The topological polar surface area (TPSA) is 73.0 Å². The van der Waals surface area contributed by atoms with Gasteiger partial charge in [-0.1, -0.05) is 20.8 Å². The number of hydrogen-bond donors (Lipinski definition) is 0. The van der Waals surface area contributed by atoms with Crippen molar-refractivity contribution >= 4 is 5.91 Å². The number of carbonyl (C=O) groups excluding carboxylic acids is 1. The second-order valence-electron chi connectivity index (χ2n) is 7.86. The van der Waals surface area contributed by atoms with Gasteiger partial charge in [0, 0.05) is 37.5 Å². The van der Waals surface area contributed by atoms with Gasteiger partial charge in [-0.05, 0) is 19.1 Å². The first-order valence-electron chi connectivity index (χ1n) is 8.53. The van der Waals surface area contributed by atoms with Crippen LogP contribution >= 0.6 is 0 Å². The lowest BCUT2D eigenvalue weighted by atomic mass is 9.92. The van der Waals surface area contributed by atoms with Crippen LogP contribution in [-0.2, 0) is 19.0 Å². The standard InChI is InChI=1S/C18H25N5O2/c1-12-8-14(21(5)19-12)17(25)22-9-13(10-22)11-23-16(24)7-6-15(20-23)18(2,3)4/h6-8,13H,9-11H2,1-5H3. The van der Waals surface area contributed by atoms with E-state index >= 15 is 0 Å². The van der Waals surface area contributed by atoms with Crippen molar-refractivity contribution in [2.45, 2.75) is 39.7 Å². The second kappa shape index (κ2) is 6.13. The molecule has 3 heterocycles. The van der Waals surface area contributed by atoms with Crippen molar-refractivity contribution in [3.8, 4) is 0 Å². The molecular formula is C18H25N5O2. The van der Waals surface area contributed by atoms with Crippen molar-refractivity contribution < 1.29 is 4.79 Å². The predicted octanol–water partition coefficient (Wildman–Crippen LogP) is 1.35. The molecule has 0 radical (unpaired) electrons. The summed E-state index contributed by atoms with van der Waals surface area (Å²) >= 11 is 0. The molecule has 2 aromatic rings. The number of rotatable bonds is 3. The number of nitrogens with zero attached hydrogens (tertiary/aromatic N) is 5. The Labute approximate surface area is 147 Å². The van der Waals surface area contributed by atoms with Crippen LogP contribution in [0.15, 0.2) is 23.0 Å². The zero-order valence-electron chi connectivity index (χ0n) is 15.5. The van der Waals surface area contributed by atoms with Crippen molar-refractivity contribution in [1.29, 1.82) is 0 Å². The highest BCUT2D eigenvalue weighted by atomic mass is 16.2. The molecule has 1 fully saturated rings. The van der Waals surface area contributed by atoms with Gasteiger partial charge in [0.05, 0.1) is 17.9 Å². The van der Waals surface area contributed by atoms with Crippen LogP contribution in [0.25, 0.3) is 0 Å². The van der Waals surface area contributed by atoms with Gasteiger partial charge in [0.25, 0.3) is 11.5 Å². The maximum Gasteiger partial charge on any atom is 0.272 e. The van der Waals surface area contributed by atoms with Crippen molar-refractivity contribution in [3.05, 3.63) is 45.6 Å². The molecule has 1 aliphatic rings. The van der Waals surface area contributed by atoms with Crippen LogP contribution in [0.4, 0.5) is 0 Å². The molecule has 7 heteroatoms. The summed E-state index contributed by atoms with van der Waals surface area (Å²) in [5.41, 5.74) is 2.12. The molecule has 0 atom stereocenters. The van der Waals surface area contributed by atoms with Gasteiger partial charge in [-0.3, -0.25) is 14.3 Å². The van der Waals surface area contributed by atoms with E-state index in [1.54, 1.807) is 34.8 Å². The Morgan fingerprint density at radius 2 is 1.92 bits per heavy atom. The lowest BCUT2D eigenvalue weighted by Crippen LogP contribution is -2.52. The highest BCUT2D eigenvalue weighted by Crippen LogP contribution is 2.21. The normalized spacial score (nSPS) is 15.3. The van der Waals surface area contributed by atoms with Gasteiger partial charge in [-0.25, -0.2) is 4.68 Å². The predicted molar refractivity (Wildman–Crippen MR) is 94.5 cm³/mol. The summed E-state index contributed by atoms with van der Waals surface area (Å²) in [6, 6.07) is 5.17. The van der Waals surface area contributed by atoms with Crippen LogP contribution in [0.1, 0.15) is 42.6 Å². The van der Waals surface area contributed by atoms with Crippen LogP contribution < -0.4 is 5.56 Å². The van der Waals surface area contributed by atoms with E-state index in [0.717, 1.165) is 11.4 Å². The fourth-order valence-electron chi connectivity index (χ4n) is 3.05. The molecule has 3 rings (SSSR count). The van der Waals surface area contributed by atoms with Crippen molar-refractivity contribution in [3.63, 3.8) is 0 Å². The zero-order valence-corrected chi connectivity index (χ0v) is 15.5. The number of carbonyl (C=O) groups is 1. The highest BCUT2D eigenvalue weighted by molar-refractivity contribution is 5.93. The van der Waals surface area contributed by atoms with Crippen LogP contribution in [0, 0.1) is 12.8 Å². The van der Waals surface area contributed by atoms with Crippen molar-refractivity contribution in [2.24, 2.45) is 13.0 Å². The fourth-order valence-corrected chi connectivity index (χ4v) is 3.05. The minimum Gasteiger partial charge on any atom is -0.336 e. The van der Waals surface area contributed by atoms with E-state index in [-0.39, 0.29) is 22.8 Å². The van der Waals surface area contributed by atoms with Gasteiger partial charge in [-0.2, -0.15) is 10.2 Å². The quantitative estimate of drug-likeness (QED) is 0.843. The Kier molecular flexibility index (Phi) is 4.26. The lowest BCUT2D eigenvalue weighted by Gasteiger charge is -2.39. The van der Waals surface area contributed by atoms with E-state index in [0.29, 0.717) is 25.3 Å². The minimum absolute atomic E-state index is 0.0110. The Hall–Kier alpha value is -2.44. The molecule has 7 nitrogen and oxygen atoms in total. The number of aryl methyl sites for hydroxylation is 2. The average Bonchev–Trinajstić information content (AvgIpc) is 2.81. The lowest BCUT2D eigenvalue weighted by molar-refractivity contribution is 0.0446. The van der Waals surface area contributed by atoms with Gasteiger partial charge < -0.3 is 4.90 Å². The molecule has 0 spiro atoms. The van der Waals surface area contributed by atoms with Gasteiger partial charge in [-0.15, -0.1) is 0 Å². The van der Waals surface area contributed by atoms with Gasteiger partial charge in [0.2, 0.25) is 0 Å². The summed E-state index contributed by atoms with van der Waals surface area (Å²) in [5.74, 6) is 0.238. The number of aromatic nitrogens is 4. The molecule has 0 N–H and O–H groups in total. The molecule has 0 aromatic carbocycles. The van der Waals surface area contributed by atoms with Crippen LogP contribution in [0.2, 0.25) is 0 Å². The molecule has 1 amide bonds. The number of amides is 1. The second-order valence-corrected chi connectivity index (χ2v) is 7.86. The van der Waals surface area contributed by atoms with E-state index in [2.05, 4.69) is 31.0 Å². The monoisotopic (exact) mass is 343 g/mol. The Morgan fingerprint density at radius 1 is 1.24 bits per heavy atom. The molecule has 1 aliphatic heterocycles. The maximum atomic E-state index is 12.5. The van der Waals surface area contributed by atoms with Gasteiger partial charge >= 0.3 is 0 Å². The Balaban J connectivity index is 1.65. The van der Waals surface area contributed by atoms with Gasteiger partial charge in [0.15, 0.2) is 0 Å². The van der Waals surface area contributed by atoms with E-state index in [1.807, 2.05) is 6.92 Å². The Morgan fingerprint density at radius 3 is 2.48 bits per heavy atom. The SMILES string of the molecule is Cc1cc(C(=O)N2CC(Cn3nc(C(C)(C)C)ccc3=O)C2)n(C)n1. The summed E-state index contributed by atoms with van der Waals surface area (Å²) < 4.78 is 3.14.